The number of ether oxygens (including phenoxy) is 1. The van der Waals surface area contributed by atoms with Crippen molar-refractivity contribution in [1.29, 1.82) is 0 Å². The van der Waals surface area contributed by atoms with Crippen molar-refractivity contribution in [2.75, 3.05) is 25.0 Å². The second-order valence-corrected chi connectivity index (χ2v) is 5.15. The van der Waals surface area contributed by atoms with E-state index in [-0.39, 0.29) is 18.4 Å². The highest BCUT2D eigenvalue weighted by Crippen LogP contribution is 2.15. The number of hydrogen-bond donors (Lipinski definition) is 1. The highest BCUT2D eigenvalue weighted by molar-refractivity contribution is 5.94. The SMILES string of the molecule is CCCCCN(CC(=O)Nc1ccc(OCC)cc1)C(C)=O. The van der Waals surface area contributed by atoms with Crippen LogP contribution in [-0.4, -0.2) is 36.4 Å². The van der Waals surface area contributed by atoms with Crippen molar-refractivity contribution in [3.05, 3.63) is 24.3 Å². The highest BCUT2D eigenvalue weighted by Gasteiger charge is 2.13. The number of anilines is 1. The van der Waals surface area contributed by atoms with E-state index < -0.39 is 0 Å². The number of rotatable bonds is 9. The Bertz CT molecular complexity index is 471. The minimum Gasteiger partial charge on any atom is -0.494 e. The molecule has 0 aromatic heterocycles. The zero-order chi connectivity index (χ0) is 16.4. The Morgan fingerprint density at radius 2 is 1.82 bits per heavy atom. The van der Waals surface area contributed by atoms with Crippen molar-refractivity contribution in [2.24, 2.45) is 0 Å². The van der Waals surface area contributed by atoms with Crippen LogP contribution in [0.1, 0.15) is 40.0 Å². The Hall–Kier alpha value is -2.04. The van der Waals surface area contributed by atoms with Crippen LogP contribution in [0.4, 0.5) is 5.69 Å². The predicted octanol–water partition coefficient (Wildman–Crippen LogP) is 3.06. The van der Waals surface area contributed by atoms with E-state index in [1.54, 1.807) is 17.0 Å². The number of benzene rings is 1. The van der Waals surface area contributed by atoms with Crippen LogP contribution in [0.5, 0.6) is 5.75 Å². The maximum absolute atomic E-state index is 12.0. The van der Waals surface area contributed by atoms with E-state index in [1.807, 2.05) is 19.1 Å². The molecule has 22 heavy (non-hydrogen) atoms. The van der Waals surface area contributed by atoms with E-state index in [2.05, 4.69) is 12.2 Å². The van der Waals surface area contributed by atoms with Gasteiger partial charge in [0.2, 0.25) is 11.8 Å². The zero-order valence-corrected chi connectivity index (χ0v) is 13.7. The first-order valence-electron chi connectivity index (χ1n) is 7.85. The molecule has 0 aliphatic carbocycles. The van der Waals surface area contributed by atoms with E-state index >= 15 is 0 Å². The third-order valence-corrected chi connectivity index (χ3v) is 3.26. The smallest absolute Gasteiger partial charge is 0.243 e. The van der Waals surface area contributed by atoms with E-state index in [0.29, 0.717) is 18.8 Å². The number of nitrogens with zero attached hydrogens (tertiary/aromatic N) is 1. The number of unbranched alkanes of at least 4 members (excludes halogenated alkanes) is 2. The van der Waals surface area contributed by atoms with Crippen molar-refractivity contribution >= 4 is 17.5 Å². The van der Waals surface area contributed by atoms with Crippen LogP contribution in [0, 0.1) is 0 Å². The molecule has 0 bridgehead atoms. The summed E-state index contributed by atoms with van der Waals surface area (Å²) in [5, 5.41) is 2.80. The fourth-order valence-electron chi connectivity index (χ4n) is 2.08. The lowest BCUT2D eigenvalue weighted by Gasteiger charge is -2.20. The van der Waals surface area contributed by atoms with Gasteiger partial charge in [-0.25, -0.2) is 0 Å². The van der Waals surface area contributed by atoms with Gasteiger partial charge in [-0.3, -0.25) is 9.59 Å². The number of hydrogen-bond acceptors (Lipinski definition) is 3. The molecule has 0 atom stereocenters. The molecule has 1 aromatic carbocycles. The summed E-state index contributed by atoms with van der Waals surface area (Å²) in [4.78, 5) is 25.2. The zero-order valence-electron chi connectivity index (χ0n) is 13.7. The summed E-state index contributed by atoms with van der Waals surface area (Å²) in [6, 6.07) is 7.20. The maximum atomic E-state index is 12.0. The summed E-state index contributed by atoms with van der Waals surface area (Å²) in [5.74, 6) is 0.513. The van der Waals surface area contributed by atoms with E-state index in [9.17, 15) is 9.59 Å². The summed E-state index contributed by atoms with van der Waals surface area (Å²) in [6.45, 7) is 6.85. The minimum absolute atomic E-state index is 0.0713. The molecule has 0 heterocycles. The average molecular weight is 306 g/mol. The van der Waals surface area contributed by atoms with Crippen molar-refractivity contribution in [3.63, 3.8) is 0 Å². The molecule has 0 aliphatic rings. The summed E-state index contributed by atoms with van der Waals surface area (Å²) in [6.07, 6.45) is 3.07. The first kappa shape index (κ1) is 18.0. The molecular weight excluding hydrogens is 280 g/mol. The van der Waals surface area contributed by atoms with Gasteiger partial charge < -0.3 is 15.0 Å². The molecule has 1 N–H and O–H groups in total. The second kappa shape index (κ2) is 9.82. The standard InChI is InChI=1S/C17H26N2O3/c1-4-6-7-12-19(14(3)20)13-17(21)18-15-8-10-16(11-9-15)22-5-2/h8-11H,4-7,12-13H2,1-3H3,(H,18,21). The molecule has 5 nitrogen and oxygen atoms in total. The van der Waals surface area contributed by atoms with Crippen LogP contribution in [-0.2, 0) is 9.59 Å². The van der Waals surface area contributed by atoms with Crippen LogP contribution < -0.4 is 10.1 Å². The molecule has 0 aliphatic heterocycles. The Balaban J connectivity index is 2.50. The Kier molecular flexibility index (Phi) is 8.04. The lowest BCUT2D eigenvalue weighted by molar-refractivity contribution is -0.132. The second-order valence-electron chi connectivity index (χ2n) is 5.15. The molecule has 0 spiro atoms. The van der Waals surface area contributed by atoms with Crippen LogP contribution in [0.2, 0.25) is 0 Å². The van der Waals surface area contributed by atoms with Crippen molar-refractivity contribution in [3.8, 4) is 5.75 Å². The molecule has 0 unspecified atom stereocenters. The average Bonchev–Trinajstić information content (AvgIpc) is 2.48. The molecule has 2 amide bonds. The van der Waals surface area contributed by atoms with Gasteiger partial charge in [-0.1, -0.05) is 19.8 Å². The van der Waals surface area contributed by atoms with E-state index in [0.717, 1.165) is 25.0 Å². The van der Waals surface area contributed by atoms with Gasteiger partial charge in [0.15, 0.2) is 0 Å². The first-order chi connectivity index (χ1) is 10.6. The van der Waals surface area contributed by atoms with Gasteiger partial charge in [0, 0.05) is 19.2 Å². The maximum Gasteiger partial charge on any atom is 0.243 e. The number of carbonyl (C=O) groups excluding carboxylic acids is 2. The fourth-order valence-corrected chi connectivity index (χ4v) is 2.08. The number of amides is 2. The first-order valence-corrected chi connectivity index (χ1v) is 7.85. The van der Waals surface area contributed by atoms with Gasteiger partial charge in [-0.15, -0.1) is 0 Å². The molecule has 0 saturated carbocycles. The van der Waals surface area contributed by atoms with Gasteiger partial charge in [-0.05, 0) is 37.6 Å². The third kappa shape index (κ3) is 6.61. The summed E-state index contributed by atoms with van der Waals surface area (Å²) in [7, 11) is 0. The molecule has 0 saturated heterocycles. The van der Waals surface area contributed by atoms with E-state index in [1.165, 1.54) is 6.92 Å². The molecule has 0 radical (unpaired) electrons. The minimum atomic E-state index is -0.184. The van der Waals surface area contributed by atoms with Gasteiger partial charge in [0.25, 0.3) is 0 Å². The summed E-state index contributed by atoms with van der Waals surface area (Å²) >= 11 is 0. The normalized spacial score (nSPS) is 10.1. The lowest BCUT2D eigenvalue weighted by Crippen LogP contribution is -2.37. The van der Waals surface area contributed by atoms with Crippen LogP contribution >= 0.6 is 0 Å². The Labute approximate surface area is 132 Å². The van der Waals surface area contributed by atoms with Crippen molar-refractivity contribution in [2.45, 2.75) is 40.0 Å². The predicted molar refractivity (Wildman–Crippen MR) is 88.0 cm³/mol. The molecular formula is C17H26N2O3. The molecule has 1 aromatic rings. The topological polar surface area (TPSA) is 58.6 Å². The van der Waals surface area contributed by atoms with Gasteiger partial charge in [-0.2, -0.15) is 0 Å². The summed E-state index contributed by atoms with van der Waals surface area (Å²) < 4.78 is 5.35. The Morgan fingerprint density at radius 1 is 1.14 bits per heavy atom. The highest BCUT2D eigenvalue weighted by atomic mass is 16.5. The van der Waals surface area contributed by atoms with Crippen molar-refractivity contribution in [1.82, 2.24) is 4.90 Å². The van der Waals surface area contributed by atoms with E-state index in [4.69, 9.17) is 4.74 Å². The molecule has 5 heteroatoms. The third-order valence-electron chi connectivity index (χ3n) is 3.26. The Morgan fingerprint density at radius 3 is 2.36 bits per heavy atom. The van der Waals surface area contributed by atoms with Crippen molar-refractivity contribution < 1.29 is 14.3 Å². The largest absolute Gasteiger partial charge is 0.494 e. The summed E-state index contributed by atoms with van der Waals surface area (Å²) in [5.41, 5.74) is 0.700. The van der Waals surface area contributed by atoms with Crippen LogP contribution in [0.25, 0.3) is 0 Å². The number of carbonyl (C=O) groups is 2. The van der Waals surface area contributed by atoms with Crippen LogP contribution in [0.15, 0.2) is 24.3 Å². The molecule has 122 valence electrons. The lowest BCUT2D eigenvalue weighted by atomic mass is 10.2. The van der Waals surface area contributed by atoms with Gasteiger partial charge >= 0.3 is 0 Å². The van der Waals surface area contributed by atoms with Crippen LogP contribution in [0.3, 0.4) is 0 Å². The molecule has 0 fully saturated rings. The quantitative estimate of drug-likeness (QED) is 0.713. The monoisotopic (exact) mass is 306 g/mol. The van der Waals surface area contributed by atoms with Gasteiger partial charge in [0.05, 0.1) is 13.2 Å². The number of nitrogens with one attached hydrogen (secondary N) is 1. The fraction of sp³-hybridized carbons (Fsp3) is 0.529. The van der Waals surface area contributed by atoms with Gasteiger partial charge in [0.1, 0.15) is 5.75 Å². The molecule has 1 rings (SSSR count).